The molecule has 2 unspecified atom stereocenters. The molecule has 1 saturated heterocycles. The number of ether oxygens (including phenoxy) is 1. The highest BCUT2D eigenvalue weighted by Crippen LogP contribution is 2.30. The minimum Gasteiger partial charge on any atom is -0.378 e. The molecule has 7 heteroatoms. The molecule has 0 saturated carbocycles. The first-order valence-corrected chi connectivity index (χ1v) is 9.40. The summed E-state index contributed by atoms with van der Waals surface area (Å²) in [5.74, 6) is 0.280. The van der Waals surface area contributed by atoms with E-state index in [1.807, 2.05) is 6.92 Å². The van der Waals surface area contributed by atoms with Gasteiger partial charge < -0.3 is 4.74 Å². The van der Waals surface area contributed by atoms with Crippen LogP contribution in [0.5, 0.6) is 0 Å². The summed E-state index contributed by atoms with van der Waals surface area (Å²) in [6.45, 7) is 5.07. The Morgan fingerprint density at radius 2 is 2.32 bits per heavy atom. The fourth-order valence-corrected chi connectivity index (χ4v) is 5.88. The van der Waals surface area contributed by atoms with Crippen LogP contribution in [0.4, 0.5) is 0 Å². The summed E-state index contributed by atoms with van der Waals surface area (Å²) >= 11 is 4.75. The van der Waals surface area contributed by atoms with Crippen LogP contribution in [0.3, 0.4) is 0 Å². The van der Waals surface area contributed by atoms with Crippen LogP contribution < -0.4 is 4.72 Å². The molecular weight excluding hydrogens is 350 g/mol. The van der Waals surface area contributed by atoms with Crippen LogP contribution in [0.15, 0.2) is 14.7 Å². The lowest BCUT2D eigenvalue weighted by Crippen LogP contribution is -2.32. The zero-order valence-electron chi connectivity index (χ0n) is 11.0. The summed E-state index contributed by atoms with van der Waals surface area (Å²) in [5, 5.41) is 0. The average Bonchev–Trinajstić information content (AvgIpc) is 2.93. The normalized spacial score (nSPS) is 23.9. The van der Waals surface area contributed by atoms with E-state index in [2.05, 4.69) is 27.6 Å². The molecule has 1 aromatic rings. The number of hydrogen-bond donors (Lipinski definition) is 1. The Morgan fingerprint density at radius 3 is 2.89 bits per heavy atom. The van der Waals surface area contributed by atoms with Gasteiger partial charge in [0.1, 0.15) is 0 Å². The van der Waals surface area contributed by atoms with Crippen LogP contribution in [-0.4, -0.2) is 27.7 Å². The van der Waals surface area contributed by atoms with Gasteiger partial charge in [0.25, 0.3) is 0 Å². The van der Waals surface area contributed by atoms with Crippen LogP contribution in [0.2, 0.25) is 0 Å². The Bertz CT molecular complexity index is 541. The molecule has 0 radical (unpaired) electrons. The van der Waals surface area contributed by atoms with Gasteiger partial charge in [0, 0.05) is 23.9 Å². The van der Waals surface area contributed by atoms with Crippen LogP contribution in [0.1, 0.15) is 24.6 Å². The van der Waals surface area contributed by atoms with Crippen molar-refractivity contribution in [1.29, 1.82) is 0 Å². The SMILES string of the molecule is CCC1OCCC1CNS(=O)(=O)c1cc(Br)sc1C. The van der Waals surface area contributed by atoms with Gasteiger partial charge in [0.05, 0.1) is 14.8 Å². The van der Waals surface area contributed by atoms with Crippen LogP contribution in [0.25, 0.3) is 0 Å². The molecule has 1 N–H and O–H groups in total. The molecule has 2 rings (SSSR count). The topological polar surface area (TPSA) is 55.4 Å². The zero-order chi connectivity index (χ0) is 14.0. The van der Waals surface area contributed by atoms with Crippen molar-refractivity contribution in [3.63, 3.8) is 0 Å². The molecule has 1 aliphatic rings. The molecule has 0 spiro atoms. The van der Waals surface area contributed by atoms with Gasteiger partial charge in [0.2, 0.25) is 10.0 Å². The fourth-order valence-electron chi connectivity index (χ4n) is 2.37. The second-order valence-corrected chi connectivity index (χ2v) is 9.06. The molecule has 108 valence electrons. The molecular formula is C12H18BrNO3S2. The fraction of sp³-hybridized carbons (Fsp3) is 0.667. The van der Waals surface area contributed by atoms with Gasteiger partial charge in [-0.05, 0) is 41.8 Å². The van der Waals surface area contributed by atoms with Gasteiger partial charge >= 0.3 is 0 Å². The quantitative estimate of drug-likeness (QED) is 0.870. The van der Waals surface area contributed by atoms with Crippen molar-refractivity contribution in [3.8, 4) is 0 Å². The third-order valence-corrected chi connectivity index (χ3v) is 6.65. The number of halogens is 1. The molecule has 0 bridgehead atoms. The molecule has 0 aliphatic carbocycles. The Kier molecular flexibility index (Phi) is 5.05. The van der Waals surface area contributed by atoms with E-state index in [0.29, 0.717) is 11.4 Å². The lowest BCUT2D eigenvalue weighted by molar-refractivity contribution is 0.0884. The molecule has 1 fully saturated rings. The van der Waals surface area contributed by atoms with E-state index in [9.17, 15) is 8.42 Å². The molecule has 0 aromatic carbocycles. The first-order valence-electron chi connectivity index (χ1n) is 6.31. The maximum atomic E-state index is 12.3. The van der Waals surface area contributed by atoms with Crippen LogP contribution in [0, 0.1) is 12.8 Å². The van der Waals surface area contributed by atoms with Gasteiger partial charge in [-0.15, -0.1) is 11.3 Å². The van der Waals surface area contributed by atoms with E-state index in [1.54, 1.807) is 6.07 Å². The van der Waals surface area contributed by atoms with Gasteiger partial charge in [-0.1, -0.05) is 6.92 Å². The zero-order valence-corrected chi connectivity index (χ0v) is 14.2. The summed E-state index contributed by atoms with van der Waals surface area (Å²) in [6.07, 6.45) is 2.03. The second kappa shape index (κ2) is 6.22. The lowest BCUT2D eigenvalue weighted by Gasteiger charge is -2.17. The smallest absolute Gasteiger partial charge is 0.241 e. The molecule has 2 atom stereocenters. The Balaban J connectivity index is 2.04. The number of nitrogens with one attached hydrogen (secondary N) is 1. The summed E-state index contributed by atoms with van der Waals surface area (Å²) in [6, 6.07) is 1.66. The maximum Gasteiger partial charge on any atom is 0.241 e. The summed E-state index contributed by atoms with van der Waals surface area (Å²) < 4.78 is 33.6. The van der Waals surface area contributed by atoms with Gasteiger partial charge in [-0.2, -0.15) is 0 Å². The van der Waals surface area contributed by atoms with Crippen molar-refractivity contribution < 1.29 is 13.2 Å². The largest absolute Gasteiger partial charge is 0.378 e. The standard InChI is InChI=1S/C12H18BrNO3S2/c1-3-10-9(4-5-17-10)7-14-19(15,16)11-6-12(13)18-8(11)2/h6,9-10,14H,3-5,7H2,1-2H3. The minimum atomic E-state index is -3.41. The number of hydrogen-bond acceptors (Lipinski definition) is 4. The van der Waals surface area contributed by atoms with E-state index < -0.39 is 10.0 Å². The van der Waals surface area contributed by atoms with Crippen molar-refractivity contribution in [2.24, 2.45) is 5.92 Å². The molecule has 2 heterocycles. The Hall–Kier alpha value is 0.0500. The minimum absolute atomic E-state index is 0.179. The predicted octanol–water partition coefficient (Wildman–Crippen LogP) is 2.91. The summed E-state index contributed by atoms with van der Waals surface area (Å²) in [7, 11) is -3.41. The monoisotopic (exact) mass is 367 g/mol. The van der Waals surface area contributed by atoms with Crippen molar-refractivity contribution in [1.82, 2.24) is 4.72 Å². The van der Waals surface area contributed by atoms with Crippen LogP contribution in [-0.2, 0) is 14.8 Å². The van der Waals surface area contributed by atoms with E-state index in [0.717, 1.165) is 28.1 Å². The van der Waals surface area contributed by atoms with Crippen LogP contribution >= 0.6 is 27.3 Å². The third kappa shape index (κ3) is 3.58. The van der Waals surface area contributed by atoms with E-state index in [-0.39, 0.29) is 12.0 Å². The van der Waals surface area contributed by atoms with Gasteiger partial charge in [-0.25, -0.2) is 13.1 Å². The average molecular weight is 368 g/mol. The molecule has 1 aromatic heterocycles. The predicted molar refractivity (Wildman–Crippen MR) is 80.1 cm³/mol. The highest BCUT2D eigenvalue weighted by atomic mass is 79.9. The van der Waals surface area contributed by atoms with E-state index in [1.165, 1.54) is 11.3 Å². The molecule has 0 amide bonds. The van der Waals surface area contributed by atoms with Crippen molar-refractivity contribution in [3.05, 3.63) is 14.7 Å². The lowest BCUT2D eigenvalue weighted by atomic mass is 10.0. The molecule has 19 heavy (non-hydrogen) atoms. The number of sulfonamides is 1. The van der Waals surface area contributed by atoms with Gasteiger partial charge in [-0.3, -0.25) is 0 Å². The second-order valence-electron chi connectivity index (χ2n) is 4.69. The van der Waals surface area contributed by atoms with Crippen molar-refractivity contribution in [2.45, 2.75) is 37.7 Å². The van der Waals surface area contributed by atoms with Crippen molar-refractivity contribution >= 4 is 37.3 Å². The summed E-state index contributed by atoms with van der Waals surface area (Å²) in [5.41, 5.74) is 0. The highest BCUT2D eigenvalue weighted by molar-refractivity contribution is 9.11. The van der Waals surface area contributed by atoms with E-state index in [4.69, 9.17) is 4.74 Å². The Labute approximate surface area is 126 Å². The number of thiophene rings is 1. The van der Waals surface area contributed by atoms with Gasteiger partial charge in [0.15, 0.2) is 0 Å². The molecule has 1 aliphatic heterocycles. The number of rotatable bonds is 5. The van der Waals surface area contributed by atoms with E-state index >= 15 is 0 Å². The summed E-state index contributed by atoms with van der Waals surface area (Å²) in [4.78, 5) is 1.17. The maximum absolute atomic E-state index is 12.3. The first-order chi connectivity index (χ1) is 8.94. The van der Waals surface area contributed by atoms with Crippen molar-refractivity contribution in [2.75, 3.05) is 13.2 Å². The highest BCUT2D eigenvalue weighted by Gasteiger charge is 2.28. The Morgan fingerprint density at radius 1 is 1.58 bits per heavy atom. The molecule has 4 nitrogen and oxygen atoms in total. The number of aryl methyl sites for hydroxylation is 1. The third-order valence-electron chi connectivity index (χ3n) is 3.42. The first kappa shape index (κ1) is 15.4.